The topological polar surface area (TPSA) is 58.2 Å². The number of rotatable bonds is 7. The van der Waals surface area contributed by atoms with Crippen molar-refractivity contribution in [2.45, 2.75) is 49.6 Å². The molecule has 2 saturated carbocycles. The standard InChI is InChI=1S/C15H21FN2O2S/c16-14-7-4-12(9-17-13-5-6-13)8-15(14)21(19,20)18-10-11-2-1-3-11/h4,7-8,11,13,17-18H,1-3,5-6,9-10H2. The Morgan fingerprint density at radius 3 is 2.57 bits per heavy atom. The molecule has 116 valence electrons. The maximum Gasteiger partial charge on any atom is 0.243 e. The highest BCUT2D eigenvalue weighted by Gasteiger charge is 2.24. The van der Waals surface area contributed by atoms with E-state index in [1.54, 1.807) is 6.07 Å². The molecule has 0 bridgehead atoms. The van der Waals surface area contributed by atoms with Crippen LogP contribution in [0.5, 0.6) is 0 Å². The SMILES string of the molecule is O=S(=O)(NCC1CCC1)c1cc(CNC2CC2)ccc1F. The lowest BCUT2D eigenvalue weighted by atomic mass is 9.86. The lowest BCUT2D eigenvalue weighted by Crippen LogP contribution is -2.32. The summed E-state index contributed by atoms with van der Waals surface area (Å²) in [7, 11) is -3.76. The minimum Gasteiger partial charge on any atom is -0.310 e. The van der Waals surface area contributed by atoms with Gasteiger partial charge in [0.2, 0.25) is 10.0 Å². The normalized spacial score (nSPS) is 19.5. The van der Waals surface area contributed by atoms with E-state index in [0.29, 0.717) is 25.0 Å². The quantitative estimate of drug-likeness (QED) is 0.811. The first-order valence-electron chi connectivity index (χ1n) is 7.56. The van der Waals surface area contributed by atoms with Gasteiger partial charge in [-0.25, -0.2) is 17.5 Å². The van der Waals surface area contributed by atoms with Crippen molar-refractivity contribution in [2.75, 3.05) is 6.54 Å². The highest BCUT2D eigenvalue weighted by atomic mass is 32.2. The van der Waals surface area contributed by atoms with Crippen LogP contribution in [0.15, 0.2) is 23.1 Å². The second-order valence-electron chi connectivity index (χ2n) is 6.07. The number of sulfonamides is 1. The molecule has 0 heterocycles. The Balaban J connectivity index is 1.69. The number of hydrogen-bond acceptors (Lipinski definition) is 3. The molecule has 0 amide bonds. The first-order valence-corrected chi connectivity index (χ1v) is 9.04. The summed E-state index contributed by atoms with van der Waals surface area (Å²) in [5, 5.41) is 3.30. The van der Waals surface area contributed by atoms with Gasteiger partial charge in [-0.05, 0) is 49.3 Å². The molecule has 1 aromatic carbocycles. The van der Waals surface area contributed by atoms with Gasteiger partial charge < -0.3 is 5.32 Å². The summed E-state index contributed by atoms with van der Waals surface area (Å²) in [6, 6.07) is 4.84. The van der Waals surface area contributed by atoms with Crippen molar-refractivity contribution < 1.29 is 12.8 Å². The summed E-state index contributed by atoms with van der Waals surface area (Å²) in [5.74, 6) is -0.283. The Morgan fingerprint density at radius 2 is 1.95 bits per heavy atom. The zero-order chi connectivity index (χ0) is 14.9. The smallest absolute Gasteiger partial charge is 0.243 e. The van der Waals surface area contributed by atoms with E-state index < -0.39 is 15.8 Å². The molecule has 2 aliphatic rings. The molecule has 0 saturated heterocycles. The van der Waals surface area contributed by atoms with Gasteiger partial charge in [-0.15, -0.1) is 0 Å². The van der Waals surface area contributed by atoms with Gasteiger partial charge in [0.25, 0.3) is 0 Å². The van der Waals surface area contributed by atoms with Gasteiger partial charge in [0, 0.05) is 19.1 Å². The van der Waals surface area contributed by atoms with Gasteiger partial charge in [0.1, 0.15) is 10.7 Å². The molecule has 0 atom stereocenters. The molecular formula is C15H21FN2O2S. The van der Waals surface area contributed by atoms with Gasteiger partial charge in [-0.1, -0.05) is 12.5 Å². The Bertz CT molecular complexity index is 610. The van der Waals surface area contributed by atoms with E-state index in [9.17, 15) is 12.8 Å². The predicted molar refractivity (Wildman–Crippen MR) is 78.8 cm³/mol. The van der Waals surface area contributed by atoms with Crippen molar-refractivity contribution in [3.05, 3.63) is 29.6 Å². The molecule has 0 spiro atoms. The zero-order valence-corrected chi connectivity index (χ0v) is 12.8. The minimum atomic E-state index is -3.76. The van der Waals surface area contributed by atoms with Gasteiger partial charge in [-0.2, -0.15) is 0 Å². The lowest BCUT2D eigenvalue weighted by Gasteiger charge is -2.25. The summed E-state index contributed by atoms with van der Waals surface area (Å²) in [5.41, 5.74) is 0.798. The highest BCUT2D eigenvalue weighted by molar-refractivity contribution is 7.89. The van der Waals surface area contributed by atoms with Gasteiger partial charge in [0.15, 0.2) is 0 Å². The van der Waals surface area contributed by atoms with Crippen LogP contribution in [-0.4, -0.2) is 21.0 Å². The number of nitrogens with one attached hydrogen (secondary N) is 2. The summed E-state index contributed by atoms with van der Waals surface area (Å²) in [4.78, 5) is -0.239. The zero-order valence-electron chi connectivity index (χ0n) is 11.9. The van der Waals surface area contributed by atoms with Crippen molar-refractivity contribution >= 4 is 10.0 Å². The average molecular weight is 312 g/mol. The third-order valence-electron chi connectivity index (χ3n) is 4.24. The number of halogens is 1. The maximum absolute atomic E-state index is 13.9. The summed E-state index contributed by atoms with van der Waals surface area (Å²) >= 11 is 0. The van der Waals surface area contributed by atoms with Crippen LogP contribution in [0.25, 0.3) is 0 Å². The molecule has 2 aliphatic carbocycles. The van der Waals surface area contributed by atoms with E-state index in [1.807, 2.05) is 0 Å². The lowest BCUT2D eigenvalue weighted by molar-refractivity contribution is 0.316. The Hall–Kier alpha value is -0.980. The molecule has 2 N–H and O–H groups in total. The first-order chi connectivity index (χ1) is 10.0. The van der Waals surface area contributed by atoms with Crippen molar-refractivity contribution in [1.29, 1.82) is 0 Å². The van der Waals surface area contributed by atoms with Crippen molar-refractivity contribution in [2.24, 2.45) is 5.92 Å². The van der Waals surface area contributed by atoms with Gasteiger partial charge >= 0.3 is 0 Å². The van der Waals surface area contributed by atoms with Crippen molar-refractivity contribution in [1.82, 2.24) is 10.0 Å². The van der Waals surface area contributed by atoms with Crippen LogP contribution < -0.4 is 10.0 Å². The monoisotopic (exact) mass is 312 g/mol. The fourth-order valence-corrected chi connectivity index (χ4v) is 3.66. The largest absolute Gasteiger partial charge is 0.310 e. The van der Waals surface area contributed by atoms with E-state index in [4.69, 9.17) is 0 Å². The molecule has 2 fully saturated rings. The molecule has 0 aromatic heterocycles. The number of benzene rings is 1. The molecule has 21 heavy (non-hydrogen) atoms. The summed E-state index contributed by atoms with van der Waals surface area (Å²) in [6.07, 6.45) is 5.58. The van der Waals surface area contributed by atoms with Crippen molar-refractivity contribution in [3.63, 3.8) is 0 Å². The highest BCUT2D eigenvalue weighted by Crippen LogP contribution is 2.26. The number of hydrogen-bond donors (Lipinski definition) is 2. The third-order valence-corrected chi connectivity index (χ3v) is 5.68. The second kappa shape index (κ2) is 6.02. The molecule has 4 nitrogen and oxygen atoms in total. The minimum absolute atomic E-state index is 0.239. The maximum atomic E-state index is 13.9. The predicted octanol–water partition coefficient (Wildman–Crippen LogP) is 2.16. The third kappa shape index (κ3) is 3.81. The van der Waals surface area contributed by atoms with Crippen LogP contribution in [0, 0.1) is 11.7 Å². The second-order valence-corrected chi connectivity index (χ2v) is 7.80. The molecule has 3 rings (SSSR count). The van der Waals surface area contributed by atoms with Crippen LogP contribution in [-0.2, 0) is 16.6 Å². The molecule has 1 aromatic rings. The van der Waals surface area contributed by atoms with Crippen LogP contribution in [0.4, 0.5) is 4.39 Å². The summed E-state index contributed by atoms with van der Waals surface area (Å²) < 4.78 is 40.8. The van der Waals surface area contributed by atoms with Crippen LogP contribution >= 0.6 is 0 Å². The van der Waals surface area contributed by atoms with Gasteiger partial charge in [0.05, 0.1) is 0 Å². The van der Waals surface area contributed by atoms with E-state index in [2.05, 4.69) is 10.0 Å². The van der Waals surface area contributed by atoms with Crippen LogP contribution in [0.1, 0.15) is 37.7 Å². The Morgan fingerprint density at radius 1 is 1.19 bits per heavy atom. The van der Waals surface area contributed by atoms with E-state index >= 15 is 0 Å². The van der Waals surface area contributed by atoms with E-state index in [-0.39, 0.29) is 4.90 Å². The molecule has 0 radical (unpaired) electrons. The first kappa shape index (κ1) is 14.9. The van der Waals surface area contributed by atoms with Crippen molar-refractivity contribution in [3.8, 4) is 0 Å². The fourth-order valence-electron chi connectivity index (χ4n) is 2.42. The average Bonchev–Trinajstić information content (AvgIpc) is 3.19. The van der Waals surface area contributed by atoms with Crippen LogP contribution in [0.2, 0.25) is 0 Å². The van der Waals surface area contributed by atoms with Gasteiger partial charge in [-0.3, -0.25) is 0 Å². The molecule has 0 unspecified atom stereocenters. The molecule has 0 aliphatic heterocycles. The Labute approximate surface area is 125 Å². The Kier molecular flexibility index (Phi) is 4.28. The van der Waals surface area contributed by atoms with Crippen LogP contribution in [0.3, 0.4) is 0 Å². The summed E-state index contributed by atoms with van der Waals surface area (Å²) in [6.45, 7) is 0.989. The molecular weight excluding hydrogens is 291 g/mol. The molecule has 6 heteroatoms. The van der Waals surface area contributed by atoms with E-state index in [1.165, 1.54) is 12.1 Å². The fraction of sp³-hybridized carbons (Fsp3) is 0.600. The van der Waals surface area contributed by atoms with E-state index in [0.717, 1.165) is 37.7 Å².